The lowest BCUT2D eigenvalue weighted by molar-refractivity contribution is -0.122. The Morgan fingerprint density at radius 3 is 2.43 bits per heavy atom. The number of hydrogen-bond donors (Lipinski definition) is 1. The molecule has 0 heterocycles. The van der Waals surface area contributed by atoms with Crippen LogP contribution in [0, 0.1) is 6.92 Å². The number of benzene rings is 2. The molecule has 1 amide bonds. The summed E-state index contributed by atoms with van der Waals surface area (Å²) in [5.41, 5.74) is 2.39. The van der Waals surface area contributed by atoms with Crippen LogP contribution in [0.2, 0.25) is 0 Å². The molecule has 0 aromatic heterocycles. The minimum Gasteiger partial charge on any atom is -0.494 e. The highest BCUT2D eigenvalue weighted by Crippen LogP contribution is 2.17. The highest BCUT2D eigenvalue weighted by molar-refractivity contribution is 5.76. The zero-order valence-electron chi connectivity index (χ0n) is 13.9. The molecule has 0 fully saturated rings. The van der Waals surface area contributed by atoms with Gasteiger partial charge in [-0.2, -0.15) is 0 Å². The third kappa shape index (κ3) is 5.78. The molecule has 0 aliphatic heterocycles. The van der Waals surface area contributed by atoms with Gasteiger partial charge in [0.1, 0.15) is 5.75 Å². The molecule has 0 radical (unpaired) electrons. The minimum absolute atomic E-state index is 0.0779. The maximum Gasteiger partial charge on any atom is 0.220 e. The van der Waals surface area contributed by atoms with Gasteiger partial charge in [-0.1, -0.05) is 55.0 Å². The van der Waals surface area contributed by atoms with Crippen LogP contribution < -0.4 is 10.1 Å². The van der Waals surface area contributed by atoms with E-state index in [1.807, 2.05) is 30.3 Å². The molecule has 0 saturated heterocycles. The number of para-hydroxylation sites is 1. The van der Waals surface area contributed by atoms with Crippen LogP contribution in [0.4, 0.5) is 0 Å². The van der Waals surface area contributed by atoms with Gasteiger partial charge in [0.15, 0.2) is 0 Å². The number of carbonyl (C=O) groups is 1. The topological polar surface area (TPSA) is 38.3 Å². The molecule has 1 N–H and O–H groups in total. The van der Waals surface area contributed by atoms with Crippen molar-refractivity contribution in [3.63, 3.8) is 0 Å². The van der Waals surface area contributed by atoms with Gasteiger partial charge in [-0.25, -0.2) is 0 Å². The first-order valence-electron chi connectivity index (χ1n) is 8.23. The first kappa shape index (κ1) is 17.1. The van der Waals surface area contributed by atoms with Crippen molar-refractivity contribution in [2.45, 2.75) is 39.2 Å². The molecule has 2 aromatic carbocycles. The summed E-state index contributed by atoms with van der Waals surface area (Å²) in [5, 5.41) is 3.11. The third-order valence-electron chi connectivity index (χ3n) is 3.78. The van der Waals surface area contributed by atoms with Gasteiger partial charge in [0, 0.05) is 6.42 Å². The lowest BCUT2D eigenvalue weighted by Crippen LogP contribution is -2.28. The zero-order chi connectivity index (χ0) is 16.5. The van der Waals surface area contributed by atoms with Crippen molar-refractivity contribution in [1.29, 1.82) is 0 Å². The van der Waals surface area contributed by atoms with Crippen LogP contribution in [-0.4, -0.2) is 12.5 Å². The van der Waals surface area contributed by atoms with Crippen molar-refractivity contribution < 1.29 is 9.53 Å². The molecule has 0 saturated carbocycles. The fraction of sp³-hybridized carbons (Fsp3) is 0.350. The third-order valence-corrected chi connectivity index (χ3v) is 3.78. The second kappa shape index (κ2) is 8.99. The predicted octanol–water partition coefficient (Wildman–Crippen LogP) is 4.42. The Hall–Kier alpha value is -2.29. The van der Waals surface area contributed by atoms with E-state index in [4.69, 9.17) is 4.74 Å². The van der Waals surface area contributed by atoms with E-state index in [9.17, 15) is 4.79 Å². The summed E-state index contributed by atoms with van der Waals surface area (Å²) in [6.45, 7) is 4.71. The standard InChI is InChI=1S/C20H25NO2/c1-3-19(17-13-11-16(2)12-14-17)21-20(22)10-7-15-23-18-8-5-4-6-9-18/h4-6,8-9,11-14,19H,3,7,10,15H2,1-2H3,(H,21,22). The second-order valence-corrected chi connectivity index (χ2v) is 5.70. The molecule has 3 nitrogen and oxygen atoms in total. The quantitative estimate of drug-likeness (QED) is 0.733. The van der Waals surface area contributed by atoms with Gasteiger partial charge in [0.2, 0.25) is 5.91 Å². The van der Waals surface area contributed by atoms with Gasteiger partial charge in [-0.05, 0) is 37.5 Å². The Bertz CT molecular complexity index is 593. The summed E-state index contributed by atoms with van der Waals surface area (Å²) in [5.74, 6) is 0.924. The summed E-state index contributed by atoms with van der Waals surface area (Å²) in [6.07, 6.45) is 2.08. The molecule has 2 rings (SSSR count). The van der Waals surface area contributed by atoms with Gasteiger partial charge in [-0.3, -0.25) is 4.79 Å². The molecular weight excluding hydrogens is 286 g/mol. The van der Waals surface area contributed by atoms with E-state index in [-0.39, 0.29) is 11.9 Å². The van der Waals surface area contributed by atoms with Crippen LogP contribution in [0.5, 0.6) is 5.75 Å². The molecule has 1 atom stereocenters. The summed E-state index contributed by atoms with van der Waals surface area (Å²) in [6, 6.07) is 18.1. The number of carbonyl (C=O) groups excluding carboxylic acids is 1. The van der Waals surface area contributed by atoms with Crippen LogP contribution >= 0.6 is 0 Å². The maximum atomic E-state index is 12.1. The number of ether oxygens (including phenoxy) is 1. The van der Waals surface area contributed by atoms with E-state index in [0.717, 1.165) is 17.7 Å². The molecule has 23 heavy (non-hydrogen) atoms. The summed E-state index contributed by atoms with van der Waals surface area (Å²) < 4.78 is 5.61. The van der Waals surface area contributed by atoms with Crippen molar-refractivity contribution in [3.05, 3.63) is 65.7 Å². The fourth-order valence-corrected chi connectivity index (χ4v) is 2.43. The van der Waals surface area contributed by atoms with Crippen LogP contribution in [-0.2, 0) is 4.79 Å². The van der Waals surface area contributed by atoms with E-state index < -0.39 is 0 Å². The van der Waals surface area contributed by atoms with Gasteiger partial charge in [0.25, 0.3) is 0 Å². The molecule has 3 heteroatoms. The summed E-state index contributed by atoms with van der Waals surface area (Å²) >= 11 is 0. The normalized spacial score (nSPS) is 11.7. The minimum atomic E-state index is 0.0779. The van der Waals surface area contributed by atoms with Crippen LogP contribution in [0.3, 0.4) is 0 Å². The average molecular weight is 311 g/mol. The Morgan fingerprint density at radius 2 is 1.78 bits per heavy atom. The highest BCUT2D eigenvalue weighted by atomic mass is 16.5. The van der Waals surface area contributed by atoms with Crippen LogP contribution in [0.25, 0.3) is 0 Å². The van der Waals surface area contributed by atoms with Gasteiger partial charge >= 0.3 is 0 Å². The van der Waals surface area contributed by atoms with Gasteiger partial charge in [-0.15, -0.1) is 0 Å². The Balaban J connectivity index is 1.73. The predicted molar refractivity (Wildman–Crippen MR) is 93.5 cm³/mol. The number of amides is 1. The lowest BCUT2D eigenvalue weighted by atomic mass is 10.0. The maximum absolute atomic E-state index is 12.1. The van der Waals surface area contributed by atoms with E-state index in [1.165, 1.54) is 5.56 Å². The SMILES string of the molecule is CCC(NC(=O)CCCOc1ccccc1)c1ccc(C)cc1. The molecular formula is C20H25NO2. The van der Waals surface area contributed by atoms with Gasteiger partial charge in [0.05, 0.1) is 12.6 Å². The van der Waals surface area contributed by atoms with Crippen molar-refractivity contribution >= 4 is 5.91 Å². The molecule has 0 spiro atoms. The molecule has 122 valence electrons. The Morgan fingerprint density at radius 1 is 1.09 bits per heavy atom. The van der Waals surface area contributed by atoms with E-state index in [0.29, 0.717) is 19.4 Å². The highest BCUT2D eigenvalue weighted by Gasteiger charge is 2.12. The summed E-state index contributed by atoms with van der Waals surface area (Å²) in [7, 11) is 0. The fourth-order valence-electron chi connectivity index (χ4n) is 2.43. The molecule has 0 aliphatic carbocycles. The Labute approximate surface area is 138 Å². The molecule has 0 aliphatic rings. The second-order valence-electron chi connectivity index (χ2n) is 5.70. The number of rotatable bonds is 8. The first-order chi connectivity index (χ1) is 11.2. The van der Waals surface area contributed by atoms with E-state index in [1.54, 1.807) is 0 Å². The van der Waals surface area contributed by atoms with Crippen LogP contribution in [0.15, 0.2) is 54.6 Å². The van der Waals surface area contributed by atoms with Gasteiger partial charge < -0.3 is 10.1 Å². The molecule has 2 aromatic rings. The van der Waals surface area contributed by atoms with Crippen LogP contribution in [0.1, 0.15) is 43.4 Å². The number of aryl methyl sites for hydroxylation is 1. The zero-order valence-corrected chi connectivity index (χ0v) is 13.9. The molecule has 0 bridgehead atoms. The summed E-state index contributed by atoms with van der Waals surface area (Å²) in [4.78, 5) is 12.1. The molecule has 1 unspecified atom stereocenters. The van der Waals surface area contributed by atoms with Crippen molar-refractivity contribution in [2.75, 3.05) is 6.61 Å². The van der Waals surface area contributed by atoms with E-state index in [2.05, 4.69) is 43.4 Å². The lowest BCUT2D eigenvalue weighted by Gasteiger charge is -2.17. The van der Waals surface area contributed by atoms with Crippen molar-refractivity contribution in [3.8, 4) is 5.75 Å². The number of nitrogens with one attached hydrogen (secondary N) is 1. The van der Waals surface area contributed by atoms with Crippen molar-refractivity contribution in [1.82, 2.24) is 5.32 Å². The van der Waals surface area contributed by atoms with Crippen molar-refractivity contribution in [2.24, 2.45) is 0 Å². The number of hydrogen-bond acceptors (Lipinski definition) is 2. The average Bonchev–Trinajstić information content (AvgIpc) is 2.58. The smallest absolute Gasteiger partial charge is 0.220 e. The van der Waals surface area contributed by atoms with E-state index >= 15 is 0 Å². The first-order valence-corrected chi connectivity index (χ1v) is 8.23. The monoisotopic (exact) mass is 311 g/mol. The Kier molecular flexibility index (Phi) is 6.67. The largest absolute Gasteiger partial charge is 0.494 e.